The van der Waals surface area contributed by atoms with E-state index < -0.39 is 0 Å². The summed E-state index contributed by atoms with van der Waals surface area (Å²) >= 11 is 1.98. The van der Waals surface area contributed by atoms with Gasteiger partial charge in [-0.15, -0.1) is 0 Å². The number of aromatic nitrogens is 2. The molecule has 0 fully saturated rings. The van der Waals surface area contributed by atoms with Crippen molar-refractivity contribution >= 4 is 34.3 Å². The van der Waals surface area contributed by atoms with E-state index in [-0.39, 0.29) is 17.4 Å². The SMILES string of the molecule is CN(C)C(=O)c1nc(I)cnc1N. The number of amides is 1. The molecule has 0 radical (unpaired) electrons. The average molecular weight is 292 g/mol. The van der Waals surface area contributed by atoms with E-state index in [1.165, 1.54) is 11.1 Å². The predicted molar refractivity (Wildman–Crippen MR) is 57.2 cm³/mol. The second-order valence-electron chi connectivity index (χ2n) is 2.63. The van der Waals surface area contributed by atoms with Crippen LogP contribution in [0.3, 0.4) is 0 Å². The number of hydrogen-bond donors (Lipinski definition) is 1. The van der Waals surface area contributed by atoms with Gasteiger partial charge in [0, 0.05) is 14.1 Å². The maximum absolute atomic E-state index is 11.5. The molecule has 1 heterocycles. The van der Waals surface area contributed by atoms with Crippen LogP contribution in [0, 0.1) is 3.70 Å². The number of nitrogens with two attached hydrogens (primary N) is 1. The number of carbonyl (C=O) groups is 1. The molecule has 1 aromatic heterocycles. The Hall–Kier alpha value is -0.920. The minimum Gasteiger partial charge on any atom is -0.382 e. The number of anilines is 1. The van der Waals surface area contributed by atoms with Crippen molar-refractivity contribution in [2.75, 3.05) is 19.8 Å². The summed E-state index contributed by atoms with van der Waals surface area (Å²) in [4.78, 5) is 20.7. The Labute approximate surface area is 89.5 Å². The van der Waals surface area contributed by atoms with Gasteiger partial charge in [0.05, 0.1) is 6.20 Å². The molecule has 0 aliphatic heterocycles. The van der Waals surface area contributed by atoms with E-state index in [0.717, 1.165) is 0 Å². The summed E-state index contributed by atoms with van der Waals surface area (Å²) in [7, 11) is 3.28. The predicted octanol–water partition coefficient (Wildman–Crippen LogP) is 0.365. The van der Waals surface area contributed by atoms with Crippen molar-refractivity contribution in [3.8, 4) is 0 Å². The van der Waals surface area contributed by atoms with Crippen LogP contribution in [-0.4, -0.2) is 34.9 Å². The van der Waals surface area contributed by atoms with Crippen LogP contribution in [0.4, 0.5) is 5.82 Å². The van der Waals surface area contributed by atoms with Gasteiger partial charge in [0.25, 0.3) is 5.91 Å². The highest BCUT2D eigenvalue weighted by Crippen LogP contribution is 2.09. The van der Waals surface area contributed by atoms with E-state index in [1.54, 1.807) is 14.1 Å². The Morgan fingerprint density at radius 1 is 1.62 bits per heavy atom. The van der Waals surface area contributed by atoms with Crippen molar-refractivity contribution in [3.63, 3.8) is 0 Å². The van der Waals surface area contributed by atoms with Crippen molar-refractivity contribution in [2.45, 2.75) is 0 Å². The van der Waals surface area contributed by atoms with E-state index >= 15 is 0 Å². The minimum absolute atomic E-state index is 0.166. The van der Waals surface area contributed by atoms with Gasteiger partial charge in [-0.2, -0.15) is 0 Å². The fourth-order valence-corrected chi connectivity index (χ4v) is 1.13. The van der Waals surface area contributed by atoms with Gasteiger partial charge < -0.3 is 10.6 Å². The number of nitrogens with zero attached hydrogens (tertiary/aromatic N) is 3. The summed E-state index contributed by atoms with van der Waals surface area (Å²) in [5, 5.41) is 0. The van der Waals surface area contributed by atoms with E-state index in [1.807, 2.05) is 22.6 Å². The molecule has 0 spiro atoms. The summed E-state index contributed by atoms with van der Waals surface area (Å²) in [6, 6.07) is 0. The van der Waals surface area contributed by atoms with Crippen LogP contribution in [0.5, 0.6) is 0 Å². The van der Waals surface area contributed by atoms with Gasteiger partial charge in [-0.25, -0.2) is 9.97 Å². The zero-order valence-corrected chi connectivity index (χ0v) is 9.44. The van der Waals surface area contributed by atoms with Gasteiger partial charge in [-0.3, -0.25) is 4.79 Å². The largest absolute Gasteiger partial charge is 0.382 e. The molecule has 0 saturated heterocycles. The van der Waals surface area contributed by atoms with Crippen molar-refractivity contribution in [3.05, 3.63) is 15.6 Å². The first-order valence-electron chi connectivity index (χ1n) is 3.52. The molecule has 2 N–H and O–H groups in total. The van der Waals surface area contributed by atoms with Crippen LogP contribution >= 0.6 is 22.6 Å². The van der Waals surface area contributed by atoms with Gasteiger partial charge in [0.2, 0.25) is 0 Å². The minimum atomic E-state index is -0.233. The fraction of sp³-hybridized carbons (Fsp3) is 0.286. The van der Waals surface area contributed by atoms with Gasteiger partial charge in [0.1, 0.15) is 3.70 Å². The first-order chi connectivity index (χ1) is 6.02. The van der Waals surface area contributed by atoms with Crippen LogP contribution in [-0.2, 0) is 0 Å². The van der Waals surface area contributed by atoms with E-state index in [9.17, 15) is 4.79 Å². The van der Waals surface area contributed by atoms with Crippen LogP contribution in [0.1, 0.15) is 10.5 Å². The number of rotatable bonds is 1. The van der Waals surface area contributed by atoms with Gasteiger partial charge >= 0.3 is 0 Å². The fourth-order valence-electron chi connectivity index (χ4n) is 0.746. The standard InChI is InChI=1S/C7H9IN4O/c1-12(2)7(13)5-6(9)10-3-4(8)11-5/h3H,1-2H3,(H2,9,10). The molecule has 70 valence electrons. The van der Waals surface area contributed by atoms with E-state index in [4.69, 9.17) is 5.73 Å². The van der Waals surface area contributed by atoms with Crippen molar-refractivity contribution in [2.24, 2.45) is 0 Å². The molecule has 0 unspecified atom stereocenters. The lowest BCUT2D eigenvalue weighted by molar-refractivity contribution is 0.0822. The summed E-state index contributed by atoms with van der Waals surface area (Å²) in [6.45, 7) is 0. The Morgan fingerprint density at radius 2 is 2.23 bits per heavy atom. The highest BCUT2D eigenvalue weighted by molar-refractivity contribution is 14.1. The first-order valence-corrected chi connectivity index (χ1v) is 4.60. The summed E-state index contributed by atoms with van der Waals surface area (Å²) in [5.41, 5.74) is 5.71. The molecule has 0 atom stereocenters. The lowest BCUT2D eigenvalue weighted by Gasteiger charge is -2.10. The third kappa shape index (κ3) is 2.27. The number of nitrogen functional groups attached to an aromatic ring is 1. The molecule has 0 aromatic carbocycles. The van der Waals surface area contributed by atoms with Gasteiger partial charge in [-0.1, -0.05) is 0 Å². The maximum Gasteiger partial charge on any atom is 0.275 e. The smallest absolute Gasteiger partial charge is 0.275 e. The van der Waals surface area contributed by atoms with Crippen molar-refractivity contribution in [1.29, 1.82) is 0 Å². The molecule has 0 saturated carbocycles. The average Bonchev–Trinajstić information content (AvgIpc) is 2.08. The zero-order chi connectivity index (χ0) is 10.0. The zero-order valence-electron chi connectivity index (χ0n) is 7.28. The molecule has 5 nitrogen and oxygen atoms in total. The summed E-state index contributed by atoms with van der Waals surface area (Å²) < 4.78 is 0.650. The number of halogens is 1. The first kappa shape index (κ1) is 10.2. The lowest BCUT2D eigenvalue weighted by atomic mass is 10.3. The normalized spacial score (nSPS) is 9.77. The molecular formula is C7H9IN4O. The topological polar surface area (TPSA) is 72.1 Å². The molecule has 1 rings (SSSR count). The van der Waals surface area contributed by atoms with Crippen molar-refractivity contribution < 1.29 is 4.79 Å². The quantitative estimate of drug-likeness (QED) is 0.759. The monoisotopic (exact) mass is 292 g/mol. The summed E-state index contributed by atoms with van der Waals surface area (Å²) in [6.07, 6.45) is 1.52. The van der Waals surface area contributed by atoms with Crippen LogP contribution in [0.25, 0.3) is 0 Å². The third-order valence-corrected chi connectivity index (χ3v) is 1.90. The number of hydrogen-bond acceptors (Lipinski definition) is 4. The molecule has 0 bridgehead atoms. The van der Waals surface area contributed by atoms with E-state index in [0.29, 0.717) is 3.70 Å². The molecular weight excluding hydrogens is 283 g/mol. The third-order valence-electron chi connectivity index (χ3n) is 1.38. The van der Waals surface area contributed by atoms with Crippen LogP contribution in [0.15, 0.2) is 6.20 Å². The molecule has 0 aliphatic rings. The highest BCUT2D eigenvalue weighted by Gasteiger charge is 2.14. The lowest BCUT2D eigenvalue weighted by Crippen LogP contribution is -2.24. The Bertz CT molecular complexity index is 339. The Balaban J connectivity index is 3.13. The molecule has 0 aliphatic carbocycles. The van der Waals surface area contributed by atoms with Gasteiger partial charge in [0.15, 0.2) is 11.5 Å². The van der Waals surface area contributed by atoms with Gasteiger partial charge in [-0.05, 0) is 22.6 Å². The maximum atomic E-state index is 11.5. The molecule has 13 heavy (non-hydrogen) atoms. The van der Waals surface area contributed by atoms with Crippen LogP contribution < -0.4 is 5.73 Å². The summed E-state index contributed by atoms with van der Waals surface area (Å²) in [5.74, 6) is -0.0670. The van der Waals surface area contributed by atoms with Crippen LogP contribution in [0.2, 0.25) is 0 Å². The Kier molecular flexibility index (Phi) is 3.02. The Morgan fingerprint density at radius 3 is 2.77 bits per heavy atom. The molecule has 1 amide bonds. The second-order valence-corrected chi connectivity index (χ2v) is 3.73. The highest BCUT2D eigenvalue weighted by atomic mass is 127. The molecule has 1 aromatic rings. The van der Waals surface area contributed by atoms with Crippen molar-refractivity contribution in [1.82, 2.24) is 14.9 Å². The van der Waals surface area contributed by atoms with E-state index in [2.05, 4.69) is 9.97 Å². The second kappa shape index (κ2) is 3.86. The molecule has 6 heteroatoms. The number of carbonyl (C=O) groups excluding carboxylic acids is 1.